The van der Waals surface area contributed by atoms with Gasteiger partial charge in [0.25, 0.3) is 11.8 Å². The summed E-state index contributed by atoms with van der Waals surface area (Å²) in [6, 6.07) is 17.9. The molecule has 0 spiro atoms. The Morgan fingerprint density at radius 1 is 0.944 bits per heavy atom. The van der Waals surface area contributed by atoms with Crippen molar-refractivity contribution in [3.63, 3.8) is 0 Å². The third-order valence-corrected chi connectivity index (χ3v) is 7.48. The lowest BCUT2D eigenvalue weighted by Crippen LogP contribution is -2.52. The van der Waals surface area contributed by atoms with Crippen LogP contribution in [0.15, 0.2) is 60.8 Å². The Morgan fingerprint density at radius 3 is 2.47 bits per heavy atom. The molecule has 3 heterocycles. The number of nitrogens with one attached hydrogen (secondary N) is 1. The maximum atomic E-state index is 13.6. The molecular weight excluding hydrogens is 448 g/mol. The van der Waals surface area contributed by atoms with Crippen LogP contribution in [-0.4, -0.2) is 58.8 Å². The number of piperazine rings is 1. The molecule has 1 N–H and O–H groups in total. The highest BCUT2D eigenvalue weighted by molar-refractivity contribution is 6.01. The molecule has 186 valence electrons. The molecule has 0 saturated carbocycles. The Bertz CT molecular complexity index is 1250. The number of aromatic nitrogens is 1. The molecule has 6 nitrogen and oxygen atoms in total. The van der Waals surface area contributed by atoms with Crippen LogP contribution >= 0.6 is 0 Å². The van der Waals surface area contributed by atoms with E-state index in [1.54, 1.807) is 12.3 Å². The third kappa shape index (κ3) is 5.19. The lowest BCUT2D eigenvalue weighted by Gasteiger charge is -2.37. The second kappa shape index (κ2) is 10.2. The zero-order valence-electron chi connectivity index (χ0n) is 21.3. The first-order valence-electron chi connectivity index (χ1n) is 12.9. The summed E-state index contributed by atoms with van der Waals surface area (Å²) in [5, 5.41) is 3.09. The Balaban J connectivity index is 1.44. The number of benzene rings is 2. The molecule has 2 aromatic carbocycles. The standard InChI is InChI=1S/C30H34N4O2/c1-20-6-9-23(10-7-20)25-15-26(29(35)32-22(3)24-11-8-21(2)31-18-24)17-27(16-25)30(36)34-14-13-33-12-4-5-28(33)19-34/h6-11,15-18,22,28H,4-5,12-14,19H2,1-3H3,(H,32,35)/t22-,28?/m1/s1. The van der Waals surface area contributed by atoms with Gasteiger partial charge in [-0.05, 0) is 81.1 Å². The minimum absolute atomic E-state index is 0.000319. The summed E-state index contributed by atoms with van der Waals surface area (Å²) in [5.74, 6) is -0.202. The second-order valence-corrected chi connectivity index (χ2v) is 10.2. The summed E-state index contributed by atoms with van der Waals surface area (Å²) >= 11 is 0. The predicted molar refractivity (Wildman–Crippen MR) is 142 cm³/mol. The molecule has 2 fully saturated rings. The van der Waals surface area contributed by atoms with Crippen LogP contribution in [0.5, 0.6) is 0 Å². The number of amides is 2. The van der Waals surface area contributed by atoms with E-state index in [-0.39, 0.29) is 17.9 Å². The zero-order valence-corrected chi connectivity index (χ0v) is 21.3. The summed E-state index contributed by atoms with van der Waals surface area (Å²) in [5.41, 5.74) is 5.95. The number of fused-ring (bicyclic) bond motifs is 1. The van der Waals surface area contributed by atoms with Crippen molar-refractivity contribution in [2.45, 2.75) is 45.7 Å². The van der Waals surface area contributed by atoms with Gasteiger partial charge in [0.15, 0.2) is 0 Å². The van der Waals surface area contributed by atoms with Crippen LogP contribution in [0.2, 0.25) is 0 Å². The van der Waals surface area contributed by atoms with Gasteiger partial charge in [-0.15, -0.1) is 0 Å². The van der Waals surface area contributed by atoms with E-state index in [0.717, 1.165) is 55.0 Å². The Hall–Kier alpha value is -3.51. The molecule has 2 saturated heterocycles. The van der Waals surface area contributed by atoms with E-state index in [1.165, 1.54) is 12.0 Å². The highest BCUT2D eigenvalue weighted by atomic mass is 16.2. The van der Waals surface area contributed by atoms with Crippen LogP contribution < -0.4 is 5.32 Å². The number of rotatable bonds is 5. The van der Waals surface area contributed by atoms with Crippen molar-refractivity contribution in [3.05, 3.63) is 88.7 Å². The quantitative estimate of drug-likeness (QED) is 0.569. The molecule has 3 aromatic rings. The van der Waals surface area contributed by atoms with Crippen LogP contribution in [-0.2, 0) is 0 Å². The van der Waals surface area contributed by atoms with Crippen molar-refractivity contribution in [1.29, 1.82) is 0 Å². The van der Waals surface area contributed by atoms with E-state index in [0.29, 0.717) is 17.2 Å². The van der Waals surface area contributed by atoms with Gasteiger partial charge in [0.1, 0.15) is 0 Å². The number of pyridine rings is 1. The van der Waals surface area contributed by atoms with Gasteiger partial charge in [0.2, 0.25) is 0 Å². The lowest BCUT2D eigenvalue weighted by atomic mass is 9.97. The van der Waals surface area contributed by atoms with Gasteiger partial charge < -0.3 is 10.2 Å². The molecule has 1 aromatic heterocycles. The Labute approximate surface area is 213 Å². The molecule has 0 radical (unpaired) electrons. The lowest BCUT2D eigenvalue weighted by molar-refractivity contribution is 0.0571. The first-order valence-corrected chi connectivity index (χ1v) is 12.9. The highest BCUT2D eigenvalue weighted by Crippen LogP contribution is 2.27. The summed E-state index contributed by atoms with van der Waals surface area (Å²) in [4.78, 5) is 35.8. The molecule has 1 unspecified atom stereocenters. The largest absolute Gasteiger partial charge is 0.345 e. The molecule has 36 heavy (non-hydrogen) atoms. The van der Waals surface area contributed by atoms with E-state index < -0.39 is 0 Å². The number of hydrogen-bond acceptors (Lipinski definition) is 4. The molecule has 2 aliphatic heterocycles. The van der Waals surface area contributed by atoms with Crippen molar-refractivity contribution in [1.82, 2.24) is 20.1 Å². The summed E-state index contributed by atoms with van der Waals surface area (Å²) in [6.07, 6.45) is 4.14. The van der Waals surface area contributed by atoms with Crippen LogP contribution in [0.3, 0.4) is 0 Å². The van der Waals surface area contributed by atoms with Gasteiger partial charge in [-0.2, -0.15) is 0 Å². The summed E-state index contributed by atoms with van der Waals surface area (Å²) in [6.45, 7) is 9.47. The van der Waals surface area contributed by atoms with E-state index in [1.807, 2.05) is 62.1 Å². The van der Waals surface area contributed by atoms with Crippen LogP contribution in [0.1, 0.15) is 63.3 Å². The first kappa shape index (κ1) is 24.2. The molecule has 0 aliphatic carbocycles. The normalized spacial score (nSPS) is 18.5. The smallest absolute Gasteiger partial charge is 0.253 e. The Kier molecular flexibility index (Phi) is 6.88. The fraction of sp³-hybridized carbons (Fsp3) is 0.367. The van der Waals surface area contributed by atoms with E-state index >= 15 is 0 Å². The number of nitrogens with zero attached hydrogens (tertiary/aromatic N) is 3. The topological polar surface area (TPSA) is 65.5 Å². The van der Waals surface area contributed by atoms with Gasteiger partial charge in [-0.1, -0.05) is 35.9 Å². The molecular formula is C30H34N4O2. The van der Waals surface area contributed by atoms with Crippen molar-refractivity contribution in [3.8, 4) is 11.1 Å². The van der Waals surface area contributed by atoms with Gasteiger partial charge in [0.05, 0.1) is 6.04 Å². The molecule has 0 bridgehead atoms. The fourth-order valence-corrected chi connectivity index (χ4v) is 5.25. The average Bonchev–Trinajstić information content (AvgIpc) is 3.37. The van der Waals surface area contributed by atoms with Gasteiger partial charge in [0, 0.05) is 48.7 Å². The number of aryl methyl sites for hydroxylation is 2. The predicted octanol–water partition coefficient (Wildman–Crippen LogP) is 4.78. The third-order valence-electron chi connectivity index (χ3n) is 7.48. The van der Waals surface area contributed by atoms with E-state index in [4.69, 9.17) is 0 Å². The molecule has 2 atom stereocenters. The molecule has 2 aliphatic rings. The van der Waals surface area contributed by atoms with Gasteiger partial charge in [-0.25, -0.2) is 0 Å². The maximum Gasteiger partial charge on any atom is 0.253 e. The van der Waals surface area contributed by atoms with Crippen LogP contribution in [0.25, 0.3) is 11.1 Å². The SMILES string of the molecule is Cc1ccc(-c2cc(C(=O)N[C@H](C)c3ccc(C)nc3)cc(C(=O)N3CCN4CCCC4C3)c2)cc1. The van der Waals surface area contributed by atoms with Crippen molar-refractivity contribution in [2.75, 3.05) is 26.2 Å². The van der Waals surface area contributed by atoms with Crippen molar-refractivity contribution >= 4 is 11.8 Å². The van der Waals surface area contributed by atoms with Gasteiger partial charge >= 0.3 is 0 Å². The van der Waals surface area contributed by atoms with Gasteiger partial charge in [-0.3, -0.25) is 19.5 Å². The van der Waals surface area contributed by atoms with Crippen molar-refractivity contribution in [2.24, 2.45) is 0 Å². The van der Waals surface area contributed by atoms with Crippen LogP contribution in [0, 0.1) is 13.8 Å². The van der Waals surface area contributed by atoms with Crippen LogP contribution in [0.4, 0.5) is 0 Å². The van der Waals surface area contributed by atoms with Crippen molar-refractivity contribution < 1.29 is 9.59 Å². The van der Waals surface area contributed by atoms with E-state index in [9.17, 15) is 9.59 Å². The molecule has 2 amide bonds. The number of carbonyl (C=O) groups excluding carboxylic acids is 2. The number of carbonyl (C=O) groups is 2. The number of hydrogen-bond donors (Lipinski definition) is 1. The fourth-order valence-electron chi connectivity index (χ4n) is 5.25. The zero-order chi connectivity index (χ0) is 25.2. The average molecular weight is 483 g/mol. The second-order valence-electron chi connectivity index (χ2n) is 10.2. The Morgan fingerprint density at radius 2 is 1.72 bits per heavy atom. The maximum absolute atomic E-state index is 13.6. The molecule has 5 rings (SSSR count). The minimum atomic E-state index is -0.205. The highest BCUT2D eigenvalue weighted by Gasteiger charge is 2.33. The summed E-state index contributed by atoms with van der Waals surface area (Å²) in [7, 11) is 0. The monoisotopic (exact) mass is 482 g/mol. The first-order chi connectivity index (χ1) is 17.4. The molecule has 6 heteroatoms. The minimum Gasteiger partial charge on any atom is -0.345 e. The van der Waals surface area contributed by atoms with E-state index in [2.05, 4.69) is 27.3 Å². The summed E-state index contributed by atoms with van der Waals surface area (Å²) < 4.78 is 0.